The van der Waals surface area contributed by atoms with Crippen LogP contribution in [0.1, 0.15) is 88.7 Å². The summed E-state index contributed by atoms with van der Waals surface area (Å²) < 4.78 is 0. The Kier molecular flexibility index (Phi) is 24.9. The number of unbranched alkanes of at least 4 members (excludes halogenated alkanes) is 1. The van der Waals surface area contributed by atoms with Gasteiger partial charge >= 0.3 is 0 Å². The van der Waals surface area contributed by atoms with Crippen molar-refractivity contribution in [1.82, 2.24) is 47.5 Å². The van der Waals surface area contributed by atoms with Gasteiger partial charge in [0.1, 0.15) is 42.3 Å². The highest BCUT2D eigenvalue weighted by Crippen LogP contribution is 2.20. The van der Waals surface area contributed by atoms with Crippen LogP contribution in [0.25, 0.3) is 10.9 Å². The van der Waals surface area contributed by atoms with E-state index in [0.717, 1.165) is 10.9 Å². The molecule has 2 aromatic carbocycles. The minimum absolute atomic E-state index is 0.00756. The van der Waals surface area contributed by atoms with Gasteiger partial charge in [0.15, 0.2) is 11.9 Å². The highest BCUT2D eigenvalue weighted by Gasteiger charge is 2.35. The average Bonchev–Trinajstić information content (AvgIpc) is 3.78. The number of aromatic nitrogens is 1. The van der Waals surface area contributed by atoms with Crippen molar-refractivity contribution in [2.24, 2.45) is 44.4 Å². The van der Waals surface area contributed by atoms with Gasteiger partial charge in [-0.2, -0.15) is 0 Å². The smallest absolute Gasteiger partial charge is 0.243 e. The van der Waals surface area contributed by atoms with Crippen LogP contribution >= 0.6 is 0 Å². The largest absolute Gasteiger partial charge is 0.370 e. The first-order valence-corrected chi connectivity index (χ1v) is 25.4. The number of hydrogen-bond donors (Lipinski definition) is 15. The molecule has 0 unspecified atom stereocenters. The van der Waals surface area contributed by atoms with Crippen LogP contribution in [0.5, 0.6) is 0 Å². The average molecular weight is 1060 g/mol. The molecule has 7 atom stereocenters. The van der Waals surface area contributed by atoms with Crippen LogP contribution in [-0.4, -0.2) is 139 Å². The van der Waals surface area contributed by atoms with Crippen LogP contribution in [0.15, 0.2) is 70.8 Å². The summed E-state index contributed by atoms with van der Waals surface area (Å²) in [5, 5.41) is 22.4. The molecule has 9 amide bonds. The van der Waals surface area contributed by atoms with Gasteiger partial charge in [-0.1, -0.05) is 48.5 Å². The van der Waals surface area contributed by atoms with Gasteiger partial charge in [-0.3, -0.25) is 53.1 Å². The van der Waals surface area contributed by atoms with Crippen molar-refractivity contribution in [2.75, 3.05) is 26.2 Å². The monoisotopic (exact) mass is 1060 g/mol. The number of rotatable bonds is 20. The normalized spacial score (nSPS) is 21.0. The Hall–Kier alpha value is -8.29. The first kappa shape index (κ1) is 60.3. The lowest BCUT2D eigenvalue weighted by molar-refractivity contribution is -0.136. The molecule has 1 saturated heterocycles. The van der Waals surface area contributed by atoms with E-state index in [1.165, 1.54) is 6.92 Å². The number of guanidine groups is 2. The number of carbonyl (C=O) groups excluding carboxylic acids is 9. The Balaban J connectivity index is 1.78. The Bertz CT molecular complexity index is 2510. The van der Waals surface area contributed by atoms with E-state index in [1.54, 1.807) is 36.5 Å². The number of nitrogens with one attached hydrogen (secondary N) is 9. The Morgan fingerprint density at radius 2 is 1.25 bits per heavy atom. The lowest BCUT2D eigenvalue weighted by atomic mass is 10.0. The third kappa shape index (κ3) is 20.9. The summed E-state index contributed by atoms with van der Waals surface area (Å²) in [6.45, 7) is 1.65. The Labute approximate surface area is 440 Å². The van der Waals surface area contributed by atoms with Crippen LogP contribution < -0.4 is 76.9 Å². The summed E-state index contributed by atoms with van der Waals surface area (Å²) in [6.07, 6.45) is 2.25. The molecular weight excluding hydrogens is 983 g/mol. The van der Waals surface area contributed by atoms with Gasteiger partial charge in [0, 0.05) is 62.9 Å². The lowest BCUT2D eigenvalue weighted by Gasteiger charge is -2.28. The zero-order valence-electron chi connectivity index (χ0n) is 42.9. The summed E-state index contributed by atoms with van der Waals surface area (Å²) in [6, 6.07) is 6.74. The number of H-pyrrole nitrogens is 1. The molecule has 0 spiro atoms. The van der Waals surface area contributed by atoms with Crippen LogP contribution in [0, 0.1) is 0 Å². The molecule has 0 saturated carbocycles. The second-order valence-electron chi connectivity index (χ2n) is 18.5. The van der Waals surface area contributed by atoms with Gasteiger partial charge in [-0.05, 0) is 87.9 Å². The minimum Gasteiger partial charge on any atom is -0.370 e. The predicted octanol–water partition coefficient (Wildman–Crippen LogP) is -3.22. The third-order valence-electron chi connectivity index (χ3n) is 12.4. The number of fused-ring (bicyclic) bond motifs is 1. The van der Waals surface area contributed by atoms with Crippen LogP contribution in [0.2, 0.25) is 0 Å². The molecule has 76 heavy (non-hydrogen) atoms. The fraction of sp³-hybridized carbons (Fsp3) is 0.500. The molecule has 21 N–H and O–H groups in total. The molecule has 26 nitrogen and oxygen atoms in total. The first-order valence-electron chi connectivity index (χ1n) is 25.4. The van der Waals surface area contributed by atoms with Crippen molar-refractivity contribution >= 4 is 76.0 Å². The van der Waals surface area contributed by atoms with E-state index in [0.29, 0.717) is 24.0 Å². The number of primary amides is 1. The van der Waals surface area contributed by atoms with E-state index in [4.69, 9.17) is 34.4 Å². The molecule has 0 bridgehead atoms. The lowest BCUT2D eigenvalue weighted by Crippen LogP contribution is -2.60. The number of amides is 9. The molecule has 1 aliphatic rings. The number of benzene rings is 2. The predicted molar refractivity (Wildman–Crippen MR) is 285 cm³/mol. The Morgan fingerprint density at radius 3 is 1.89 bits per heavy atom. The fourth-order valence-electron chi connectivity index (χ4n) is 8.43. The maximum absolute atomic E-state index is 14.7. The van der Waals surface area contributed by atoms with E-state index in [1.807, 2.05) is 24.3 Å². The molecule has 0 radical (unpaired) electrons. The van der Waals surface area contributed by atoms with Gasteiger partial charge < -0.3 is 81.9 Å². The molecule has 3 aromatic rings. The Morgan fingerprint density at radius 1 is 0.671 bits per heavy atom. The van der Waals surface area contributed by atoms with Crippen molar-refractivity contribution in [3.05, 3.63) is 71.9 Å². The van der Waals surface area contributed by atoms with Crippen LogP contribution in [0.4, 0.5) is 0 Å². The van der Waals surface area contributed by atoms with Crippen molar-refractivity contribution in [3.8, 4) is 0 Å². The van der Waals surface area contributed by atoms with Crippen molar-refractivity contribution in [1.29, 1.82) is 0 Å². The minimum atomic E-state index is -1.45. The summed E-state index contributed by atoms with van der Waals surface area (Å²) in [4.78, 5) is 136. The molecule has 4 rings (SSSR count). The van der Waals surface area contributed by atoms with Crippen molar-refractivity contribution in [2.45, 2.75) is 133 Å². The number of nitrogens with zero attached hydrogens (tertiary/aromatic N) is 2. The topological polar surface area (TPSA) is 446 Å². The first-order chi connectivity index (χ1) is 36.3. The van der Waals surface area contributed by atoms with Crippen molar-refractivity contribution < 1.29 is 43.2 Å². The highest BCUT2D eigenvalue weighted by molar-refractivity contribution is 5.98. The van der Waals surface area contributed by atoms with E-state index in [2.05, 4.69) is 57.5 Å². The molecule has 1 aromatic heterocycles. The van der Waals surface area contributed by atoms with E-state index in [-0.39, 0.29) is 109 Å². The standard InChI is InChI=1S/C50H75N17O9/c1-29(68)61-35(18-10-24-58-49(53)54)43(71)65-38-20-21-41(69)57-23-9-17-34(42(52)70)62-48(76)40(27-31-28-60-33-15-6-5-14-32(31)33)67-45(73)37(19-11-25-59-50(55)56)64-47(75)39(26-30-12-3-2-4-13-30)66-44(72)36(63-46(38)74)16-7-8-22-51/h2-6,12-15,28,34-40,60H,7-11,16-27,51H2,1H3,(H2,52,70)(H,57,69)(H,61,68)(H,62,76)(H,63,74)(H,64,75)(H,65,71)(H,66,72)(H,67,73)(H4,53,54,58)(H4,55,56,59)/t34-,35-,36-,37-,38-,39+,40-/m0/s1. The molecule has 414 valence electrons. The second kappa shape index (κ2) is 31.4. The number of para-hydroxylation sites is 1. The zero-order chi connectivity index (χ0) is 55.6. The van der Waals surface area contributed by atoms with Crippen LogP contribution in [0.3, 0.4) is 0 Å². The van der Waals surface area contributed by atoms with Gasteiger partial charge in [0.25, 0.3) is 0 Å². The molecule has 1 aliphatic heterocycles. The summed E-state index contributed by atoms with van der Waals surface area (Å²) in [5.74, 6) is -7.18. The fourth-order valence-corrected chi connectivity index (χ4v) is 8.43. The number of aromatic amines is 1. The van der Waals surface area contributed by atoms with Gasteiger partial charge in [-0.15, -0.1) is 0 Å². The number of aliphatic imine (C=N–C) groups is 2. The second-order valence-corrected chi connectivity index (χ2v) is 18.5. The third-order valence-corrected chi connectivity index (χ3v) is 12.4. The van der Waals surface area contributed by atoms with Crippen LogP contribution in [-0.2, 0) is 56.0 Å². The maximum atomic E-state index is 14.7. The molecule has 2 heterocycles. The maximum Gasteiger partial charge on any atom is 0.243 e. The van der Waals surface area contributed by atoms with Crippen molar-refractivity contribution in [3.63, 3.8) is 0 Å². The SMILES string of the molecule is CC(=O)N[C@@H](CCCN=C(N)N)C(=O)N[C@H]1CCC(=O)NCCC[C@@H](C(N)=O)NC(=O)[C@H](Cc2c[nH]c3ccccc23)NC(=O)[C@H](CCCN=C(N)N)NC(=O)[C@@H](Cc2ccccc2)NC(=O)[C@H](CCCCN)NC1=O. The highest BCUT2D eigenvalue weighted by atomic mass is 16.2. The summed E-state index contributed by atoms with van der Waals surface area (Å²) >= 11 is 0. The zero-order valence-corrected chi connectivity index (χ0v) is 42.9. The molecule has 1 fully saturated rings. The quantitative estimate of drug-likeness (QED) is 0.0301. The summed E-state index contributed by atoms with van der Waals surface area (Å²) in [5.41, 5.74) is 35.7. The molecule has 26 heteroatoms. The van der Waals surface area contributed by atoms with E-state index >= 15 is 0 Å². The molecular formula is C50H75N17O9. The van der Waals surface area contributed by atoms with E-state index < -0.39 is 95.5 Å². The summed E-state index contributed by atoms with van der Waals surface area (Å²) in [7, 11) is 0. The van der Waals surface area contributed by atoms with Gasteiger partial charge in [-0.25, -0.2) is 0 Å². The molecule has 0 aliphatic carbocycles. The number of nitrogens with two attached hydrogens (primary N) is 6. The van der Waals surface area contributed by atoms with Gasteiger partial charge in [0.2, 0.25) is 53.2 Å². The number of hydrogen-bond acceptors (Lipinski definition) is 12. The number of carbonyl (C=O) groups is 9. The van der Waals surface area contributed by atoms with Gasteiger partial charge in [0.05, 0.1) is 0 Å². The van der Waals surface area contributed by atoms with E-state index in [9.17, 15) is 43.2 Å².